The van der Waals surface area contributed by atoms with Gasteiger partial charge in [-0.15, -0.1) is 0 Å². The topological polar surface area (TPSA) is 0 Å². The average Bonchev–Trinajstić information content (AvgIpc) is 3.01. The number of hydrogen-bond donors (Lipinski definition) is 0. The highest BCUT2D eigenvalue weighted by molar-refractivity contribution is 7.08. The Bertz CT molecular complexity index is 560. The van der Waals surface area contributed by atoms with Gasteiger partial charge in [0.2, 0.25) is 0 Å². The lowest BCUT2D eigenvalue weighted by Gasteiger charge is -2.02. The van der Waals surface area contributed by atoms with E-state index in [0.717, 1.165) is 6.42 Å². The predicted octanol–water partition coefficient (Wildman–Crippen LogP) is 5.07. The predicted molar refractivity (Wildman–Crippen MR) is 76.9 cm³/mol. The van der Waals surface area contributed by atoms with Gasteiger partial charge in [0.05, 0.1) is 0 Å². The highest BCUT2D eigenvalue weighted by Crippen LogP contribution is 2.23. The molecular weight excluding hydrogens is 244 g/mol. The maximum atomic E-state index is 2.23. The molecule has 2 heterocycles. The molecule has 0 aliphatic rings. The van der Waals surface area contributed by atoms with Crippen LogP contribution in [0.1, 0.15) is 11.1 Å². The maximum absolute atomic E-state index is 2.23. The normalized spacial score (nSPS) is 10.6. The van der Waals surface area contributed by atoms with Crippen molar-refractivity contribution < 1.29 is 0 Å². The van der Waals surface area contributed by atoms with E-state index >= 15 is 0 Å². The summed E-state index contributed by atoms with van der Waals surface area (Å²) in [6.07, 6.45) is 1.04. The molecular formula is C15H12S2. The molecule has 0 unspecified atom stereocenters. The largest absolute Gasteiger partial charge is 0.152 e. The summed E-state index contributed by atoms with van der Waals surface area (Å²) in [4.78, 5) is 0. The van der Waals surface area contributed by atoms with Gasteiger partial charge in [-0.25, -0.2) is 0 Å². The van der Waals surface area contributed by atoms with Gasteiger partial charge >= 0.3 is 0 Å². The molecule has 0 saturated heterocycles. The van der Waals surface area contributed by atoms with Crippen molar-refractivity contribution in [2.45, 2.75) is 6.42 Å². The third-order valence-electron chi connectivity index (χ3n) is 2.80. The number of thiophene rings is 2. The Morgan fingerprint density at radius 3 is 2.06 bits per heavy atom. The van der Waals surface area contributed by atoms with Gasteiger partial charge in [0.1, 0.15) is 0 Å². The van der Waals surface area contributed by atoms with Crippen LogP contribution in [-0.4, -0.2) is 0 Å². The van der Waals surface area contributed by atoms with Gasteiger partial charge in [0.25, 0.3) is 0 Å². The Balaban J connectivity index is 1.81. The third kappa shape index (κ3) is 2.48. The van der Waals surface area contributed by atoms with Crippen molar-refractivity contribution in [3.05, 3.63) is 69.0 Å². The second kappa shape index (κ2) is 4.86. The van der Waals surface area contributed by atoms with Gasteiger partial charge in [0, 0.05) is 0 Å². The molecule has 0 radical (unpaired) electrons. The minimum Gasteiger partial charge on any atom is -0.152 e. The fraction of sp³-hybridized carbons (Fsp3) is 0.0667. The van der Waals surface area contributed by atoms with Crippen LogP contribution in [0.25, 0.3) is 11.1 Å². The molecule has 3 rings (SSSR count). The highest BCUT2D eigenvalue weighted by Gasteiger charge is 1.99. The van der Waals surface area contributed by atoms with Gasteiger partial charge in [-0.2, -0.15) is 22.7 Å². The summed E-state index contributed by atoms with van der Waals surface area (Å²) in [5.41, 5.74) is 5.40. The summed E-state index contributed by atoms with van der Waals surface area (Å²) in [5.74, 6) is 0. The van der Waals surface area contributed by atoms with E-state index in [1.165, 1.54) is 22.3 Å². The third-order valence-corrected chi connectivity index (χ3v) is 4.21. The molecule has 0 nitrogen and oxygen atoms in total. The first-order valence-corrected chi connectivity index (χ1v) is 7.43. The van der Waals surface area contributed by atoms with E-state index in [1.54, 1.807) is 22.7 Å². The van der Waals surface area contributed by atoms with Gasteiger partial charge in [-0.3, -0.25) is 0 Å². The minimum absolute atomic E-state index is 1.04. The molecule has 0 amide bonds. The van der Waals surface area contributed by atoms with Crippen LogP contribution in [0.2, 0.25) is 0 Å². The zero-order valence-electron chi connectivity index (χ0n) is 9.30. The van der Waals surface area contributed by atoms with Crippen molar-refractivity contribution in [3.8, 4) is 11.1 Å². The average molecular weight is 256 g/mol. The van der Waals surface area contributed by atoms with Gasteiger partial charge in [-0.1, -0.05) is 24.3 Å². The van der Waals surface area contributed by atoms with Gasteiger partial charge in [-0.05, 0) is 62.3 Å². The second-order valence-electron chi connectivity index (χ2n) is 4.02. The summed E-state index contributed by atoms with van der Waals surface area (Å²) in [5, 5.41) is 8.66. The molecule has 0 aliphatic carbocycles. The summed E-state index contributed by atoms with van der Waals surface area (Å²) < 4.78 is 0. The molecule has 3 aromatic rings. The Morgan fingerprint density at radius 1 is 0.647 bits per heavy atom. The Labute approximate surface area is 109 Å². The highest BCUT2D eigenvalue weighted by atomic mass is 32.1. The van der Waals surface area contributed by atoms with Crippen molar-refractivity contribution in [1.29, 1.82) is 0 Å². The first kappa shape index (κ1) is 10.8. The van der Waals surface area contributed by atoms with Crippen molar-refractivity contribution in [1.82, 2.24) is 0 Å². The summed E-state index contributed by atoms with van der Waals surface area (Å²) in [6, 6.07) is 13.2. The van der Waals surface area contributed by atoms with Crippen LogP contribution in [-0.2, 0) is 6.42 Å². The summed E-state index contributed by atoms with van der Waals surface area (Å²) in [7, 11) is 0. The number of rotatable bonds is 3. The SMILES string of the molecule is c1cc(Cc2ccc(-c3ccsc3)cc2)cs1. The molecule has 17 heavy (non-hydrogen) atoms. The Morgan fingerprint density at radius 2 is 1.41 bits per heavy atom. The lowest BCUT2D eigenvalue weighted by atomic mass is 10.0. The van der Waals surface area contributed by atoms with Crippen molar-refractivity contribution in [2.75, 3.05) is 0 Å². The van der Waals surface area contributed by atoms with E-state index in [9.17, 15) is 0 Å². The number of hydrogen-bond acceptors (Lipinski definition) is 2. The first-order valence-electron chi connectivity index (χ1n) is 5.54. The van der Waals surface area contributed by atoms with Gasteiger partial charge < -0.3 is 0 Å². The molecule has 0 spiro atoms. The smallest absolute Gasteiger partial charge is 0.00147 e. The lowest BCUT2D eigenvalue weighted by molar-refractivity contribution is 1.21. The van der Waals surface area contributed by atoms with Crippen molar-refractivity contribution in [3.63, 3.8) is 0 Å². The van der Waals surface area contributed by atoms with E-state index in [1.807, 2.05) is 0 Å². The van der Waals surface area contributed by atoms with Crippen LogP contribution in [0.15, 0.2) is 57.9 Å². The molecule has 0 N–H and O–H groups in total. The van der Waals surface area contributed by atoms with Crippen molar-refractivity contribution in [2.24, 2.45) is 0 Å². The monoisotopic (exact) mass is 256 g/mol. The fourth-order valence-corrected chi connectivity index (χ4v) is 3.21. The van der Waals surface area contributed by atoms with E-state index < -0.39 is 0 Å². The molecule has 0 bridgehead atoms. The molecule has 84 valence electrons. The fourth-order valence-electron chi connectivity index (χ4n) is 1.87. The van der Waals surface area contributed by atoms with Crippen LogP contribution in [0.5, 0.6) is 0 Å². The van der Waals surface area contributed by atoms with E-state index in [4.69, 9.17) is 0 Å². The Hall–Kier alpha value is -1.38. The zero-order chi connectivity index (χ0) is 11.5. The Kier molecular flexibility index (Phi) is 3.08. The zero-order valence-corrected chi connectivity index (χ0v) is 10.9. The molecule has 2 heteroatoms. The minimum atomic E-state index is 1.04. The molecule has 0 aliphatic heterocycles. The van der Waals surface area contributed by atoms with E-state index in [0.29, 0.717) is 0 Å². The molecule has 0 atom stereocenters. The second-order valence-corrected chi connectivity index (χ2v) is 5.58. The van der Waals surface area contributed by atoms with Crippen LogP contribution in [0.4, 0.5) is 0 Å². The van der Waals surface area contributed by atoms with Crippen LogP contribution < -0.4 is 0 Å². The lowest BCUT2D eigenvalue weighted by Crippen LogP contribution is -1.85. The van der Waals surface area contributed by atoms with Crippen LogP contribution in [0, 0.1) is 0 Å². The number of benzene rings is 1. The first-order chi connectivity index (χ1) is 8.42. The van der Waals surface area contributed by atoms with E-state index in [-0.39, 0.29) is 0 Å². The van der Waals surface area contributed by atoms with Crippen molar-refractivity contribution >= 4 is 22.7 Å². The van der Waals surface area contributed by atoms with Crippen LogP contribution >= 0.6 is 22.7 Å². The van der Waals surface area contributed by atoms with Gasteiger partial charge in [0.15, 0.2) is 0 Å². The molecule has 1 aromatic carbocycles. The molecule has 0 fully saturated rings. The molecule has 0 saturated carbocycles. The maximum Gasteiger partial charge on any atom is -0.00147 e. The van der Waals surface area contributed by atoms with E-state index in [2.05, 4.69) is 57.9 Å². The summed E-state index contributed by atoms with van der Waals surface area (Å²) in [6.45, 7) is 0. The quantitative estimate of drug-likeness (QED) is 0.614. The van der Waals surface area contributed by atoms with Crippen LogP contribution in [0.3, 0.4) is 0 Å². The molecule has 2 aromatic heterocycles. The standard InChI is InChI=1S/C15H12S2/c1-3-14(15-6-8-17-11-15)4-2-12(1)9-13-5-7-16-10-13/h1-8,10-11H,9H2. The summed E-state index contributed by atoms with van der Waals surface area (Å²) >= 11 is 3.51.